The first kappa shape index (κ1) is 16.8. The van der Waals surface area contributed by atoms with Gasteiger partial charge >= 0.3 is 0 Å². The van der Waals surface area contributed by atoms with E-state index in [0.717, 1.165) is 0 Å². The predicted molar refractivity (Wildman–Crippen MR) is 98.9 cm³/mol. The van der Waals surface area contributed by atoms with E-state index in [2.05, 4.69) is 20.4 Å². The highest BCUT2D eigenvalue weighted by atomic mass is 16.2. The van der Waals surface area contributed by atoms with Crippen molar-refractivity contribution in [1.82, 2.24) is 25.1 Å². The van der Waals surface area contributed by atoms with Crippen LogP contribution in [-0.4, -0.2) is 31.7 Å². The lowest BCUT2D eigenvalue weighted by Gasteiger charge is -2.35. The topological polar surface area (TPSA) is 139 Å². The van der Waals surface area contributed by atoms with Crippen molar-refractivity contribution in [2.75, 3.05) is 5.73 Å². The number of H-pyrrole nitrogens is 2. The molecule has 9 heteroatoms. The van der Waals surface area contributed by atoms with Crippen molar-refractivity contribution < 1.29 is 4.79 Å². The zero-order valence-electron chi connectivity index (χ0n) is 14.3. The third kappa shape index (κ3) is 3.39. The molecule has 5 N–H and O–H groups in total. The van der Waals surface area contributed by atoms with E-state index in [1.54, 1.807) is 12.1 Å². The lowest BCUT2D eigenvalue weighted by atomic mass is 9.78. The maximum Gasteiger partial charge on any atom is 0.271 e. The number of aromatic amines is 2. The number of carbonyl (C=O) groups is 1. The summed E-state index contributed by atoms with van der Waals surface area (Å²) in [4.78, 5) is 42.5. The van der Waals surface area contributed by atoms with E-state index in [1.165, 1.54) is 16.8 Å². The van der Waals surface area contributed by atoms with Crippen molar-refractivity contribution >= 4 is 11.9 Å². The Hall–Kier alpha value is -3.62. The van der Waals surface area contributed by atoms with Gasteiger partial charge in [-0.05, 0) is 25.0 Å². The van der Waals surface area contributed by atoms with Gasteiger partial charge in [0, 0.05) is 24.1 Å². The minimum Gasteiger partial charge on any atom is -0.369 e. The number of aromatic nitrogens is 4. The van der Waals surface area contributed by atoms with Gasteiger partial charge in [0.25, 0.3) is 17.0 Å². The van der Waals surface area contributed by atoms with Crippen LogP contribution in [0.4, 0.5) is 5.95 Å². The van der Waals surface area contributed by atoms with Gasteiger partial charge in [-0.2, -0.15) is 0 Å². The highest BCUT2D eigenvalue weighted by Gasteiger charge is 2.33. The molecule has 0 aliphatic heterocycles. The number of anilines is 1. The van der Waals surface area contributed by atoms with Gasteiger partial charge in [-0.3, -0.25) is 24.5 Å². The molecule has 0 bridgehead atoms. The number of rotatable bonds is 4. The fraction of sp³-hybridized carbons (Fsp3) is 0.222. The standard InChI is InChI=1S/C18H18N6O3/c19-18-21-13(8-15(25)22-18)10-6-11(7-10)20-17(27)14-9-16(26)24(23-14)12-4-2-1-3-5-12/h1-5,8-11,23H,6-7H2,(H,20,27)(H3,19,21,22,25). The molecule has 9 nitrogen and oxygen atoms in total. The third-order valence-electron chi connectivity index (χ3n) is 4.65. The molecular weight excluding hydrogens is 348 g/mol. The average Bonchev–Trinajstić information content (AvgIpc) is 2.99. The highest BCUT2D eigenvalue weighted by molar-refractivity contribution is 5.92. The van der Waals surface area contributed by atoms with Crippen LogP contribution in [0.3, 0.4) is 0 Å². The van der Waals surface area contributed by atoms with Gasteiger partial charge in [-0.15, -0.1) is 0 Å². The van der Waals surface area contributed by atoms with E-state index in [-0.39, 0.29) is 40.6 Å². The number of hydrogen-bond acceptors (Lipinski definition) is 5. The van der Waals surface area contributed by atoms with Crippen molar-refractivity contribution in [3.05, 3.63) is 74.6 Å². The number of carbonyl (C=O) groups excluding carboxylic acids is 1. The Bertz CT molecular complexity index is 1090. The number of benzene rings is 1. The van der Waals surface area contributed by atoms with Crippen molar-refractivity contribution in [3.8, 4) is 5.69 Å². The number of nitrogen functional groups attached to an aromatic ring is 1. The minimum absolute atomic E-state index is 0.0478. The zero-order valence-corrected chi connectivity index (χ0v) is 14.3. The summed E-state index contributed by atoms with van der Waals surface area (Å²) in [6, 6.07) is 11.7. The van der Waals surface area contributed by atoms with Crippen molar-refractivity contribution in [3.63, 3.8) is 0 Å². The monoisotopic (exact) mass is 366 g/mol. The first-order chi connectivity index (χ1) is 13.0. The summed E-state index contributed by atoms with van der Waals surface area (Å²) in [7, 11) is 0. The molecule has 0 atom stereocenters. The fourth-order valence-electron chi connectivity index (χ4n) is 3.23. The lowest BCUT2D eigenvalue weighted by Crippen LogP contribution is -2.44. The summed E-state index contributed by atoms with van der Waals surface area (Å²) in [6.07, 6.45) is 1.32. The Kier molecular flexibility index (Phi) is 4.11. The van der Waals surface area contributed by atoms with Crippen LogP contribution >= 0.6 is 0 Å². The van der Waals surface area contributed by atoms with Gasteiger partial charge in [-0.1, -0.05) is 18.2 Å². The number of amides is 1. The van der Waals surface area contributed by atoms with E-state index >= 15 is 0 Å². The van der Waals surface area contributed by atoms with Crippen LogP contribution in [0.15, 0.2) is 52.1 Å². The SMILES string of the molecule is Nc1nc(C2CC(NC(=O)c3cc(=O)n(-c4ccccc4)[nH]3)C2)cc(=O)[nH]1. The molecule has 0 spiro atoms. The molecule has 1 aliphatic carbocycles. The van der Waals surface area contributed by atoms with Crippen LogP contribution in [0.25, 0.3) is 5.69 Å². The van der Waals surface area contributed by atoms with E-state index in [4.69, 9.17) is 5.73 Å². The van der Waals surface area contributed by atoms with E-state index < -0.39 is 0 Å². The Morgan fingerprint density at radius 3 is 2.63 bits per heavy atom. The molecule has 2 heterocycles. The summed E-state index contributed by atoms with van der Waals surface area (Å²) in [6.45, 7) is 0. The van der Waals surface area contributed by atoms with Crippen LogP contribution in [0, 0.1) is 0 Å². The molecule has 0 saturated heterocycles. The molecule has 27 heavy (non-hydrogen) atoms. The molecule has 3 aromatic rings. The van der Waals surface area contributed by atoms with Gasteiger partial charge < -0.3 is 11.1 Å². The second kappa shape index (κ2) is 6.60. The molecule has 138 valence electrons. The first-order valence-corrected chi connectivity index (χ1v) is 8.54. The van der Waals surface area contributed by atoms with E-state index in [0.29, 0.717) is 24.2 Å². The maximum absolute atomic E-state index is 12.4. The first-order valence-electron chi connectivity index (χ1n) is 8.54. The lowest BCUT2D eigenvalue weighted by molar-refractivity contribution is 0.0902. The summed E-state index contributed by atoms with van der Waals surface area (Å²) in [5.41, 5.74) is 6.45. The molecule has 1 aromatic carbocycles. The van der Waals surface area contributed by atoms with Gasteiger partial charge in [0.15, 0.2) is 0 Å². The summed E-state index contributed by atoms with van der Waals surface area (Å²) < 4.78 is 1.32. The molecule has 0 unspecified atom stereocenters. The largest absolute Gasteiger partial charge is 0.369 e. The molecule has 1 amide bonds. The number of nitrogens with two attached hydrogens (primary N) is 1. The van der Waals surface area contributed by atoms with Crippen LogP contribution in [-0.2, 0) is 0 Å². The second-order valence-corrected chi connectivity index (χ2v) is 6.57. The fourth-order valence-corrected chi connectivity index (χ4v) is 3.23. The third-order valence-corrected chi connectivity index (χ3v) is 4.65. The zero-order chi connectivity index (χ0) is 19.0. The molecule has 1 saturated carbocycles. The molecule has 1 fully saturated rings. The van der Waals surface area contributed by atoms with E-state index in [9.17, 15) is 14.4 Å². The highest BCUT2D eigenvalue weighted by Crippen LogP contribution is 2.35. The number of nitrogens with zero attached hydrogens (tertiary/aromatic N) is 2. The average molecular weight is 366 g/mol. The van der Waals surface area contributed by atoms with Gasteiger partial charge in [0.1, 0.15) is 5.69 Å². The quantitative estimate of drug-likeness (QED) is 0.533. The molecular formula is C18H18N6O3. The van der Waals surface area contributed by atoms with Gasteiger partial charge in [0.05, 0.1) is 11.4 Å². The van der Waals surface area contributed by atoms with Gasteiger partial charge in [0.2, 0.25) is 5.95 Å². The van der Waals surface area contributed by atoms with Crippen LogP contribution in [0.5, 0.6) is 0 Å². The Morgan fingerprint density at radius 2 is 1.93 bits per heavy atom. The molecule has 0 radical (unpaired) electrons. The van der Waals surface area contributed by atoms with Crippen molar-refractivity contribution in [1.29, 1.82) is 0 Å². The van der Waals surface area contributed by atoms with Crippen LogP contribution in [0.1, 0.15) is 34.9 Å². The minimum atomic E-state index is -0.344. The number of hydrogen-bond donors (Lipinski definition) is 4. The molecule has 2 aromatic heterocycles. The maximum atomic E-state index is 12.4. The Morgan fingerprint density at radius 1 is 1.19 bits per heavy atom. The Balaban J connectivity index is 1.41. The van der Waals surface area contributed by atoms with Crippen LogP contribution < -0.4 is 22.2 Å². The Labute approximate surface area is 153 Å². The summed E-state index contributed by atoms with van der Waals surface area (Å²) in [5.74, 6) is -0.179. The smallest absolute Gasteiger partial charge is 0.271 e. The van der Waals surface area contributed by atoms with Crippen molar-refractivity contribution in [2.24, 2.45) is 0 Å². The van der Waals surface area contributed by atoms with Crippen molar-refractivity contribution in [2.45, 2.75) is 24.8 Å². The van der Waals surface area contributed by atoms with Gasteiger partial charge in [-0.25, -0.2) is 9.67 Å². The van der Waals surface area contributed by atoms with Crippen LogP contribution in [0.2, 0.25) is 0 Å². The molecule has 4 rings (SSSR count). The number of para-hydroxylation sites is 1. The normalized spacial score (nSPS) is 18.7. The predicted octanol–water partition coefficient (Wildman–Crippen LogP) is 0.507. The molecule has 1 aliphatic rings. The number of nitrogens with one attached hydrogen (secondary N) is 3. The van der Waals surface area contributed by atoms with E-state index in [1.807, 2.05) is 18.2 Å². The summed E-state index contributed by atoms with van der Waals surface area (Å²) >= 11 is 0. The summed E-state index contributed by atoms with van der Waals surface area (Å²) in [5, 5.41) is 5.71. The second-order valence-electron chi connectivity index (χ2n) is 6.57.